The summed E-state index contributed by atoms with van der Waals surface area (Å²) < 4.78 is 5.36. The maximum Gasteiger partial charge on any atom is 0.194 e. The fourth-order valence-corrected chi connectivity index (χ4v) is 1.80. The van der Waals surface area contributed by atoms with Crippen molar-refractivity contribution in [3.05, 3.63) is 52.8 Å². The third-order valence-electron chi connectivity index (χ3n) is 2.77. The van der Waals surface area contributed by atoms with Gasteiger partial charge in [0.15, 0.2) is 5.78 Å². The Hall–Kier alpha value is -2.23. The van der Waals surface area contributed by atoms with Crippen molar-refractivity contribution in [1.29, 1.82) is 0 Å². The largest absolute Gasteiger partial charge is 0.494 e. The van der Waals surface area contributed by atoms with Crippen LogP contribution in [0.15, 0.2) is 30.3 Å². The van der Waals surface area contributed by atoms with Gasteiger partial charge in [-0.15, -0.1) is 0 Å². The number of aryl methyl sites for hydroxylation is 2. The van der Waals surface area contributed by atoms with Crippen LogP contribution in [0.4, 0.5) is 0 Å². The van der Waals surface area contributed by atoms with Gasteiger partial charge in [0.05, 0.1) is 18.0 Å². The van der Waals surface area contributed by atoms with Crippen molar-refractivity contribution in [2.24, 2.45) is 0 Å². The SMILES string of the molecule is CCOc1ccc(C(=O)c2cc(C)nnc2C)cc1. The summed E-state index contributed by atoms with van der Waals surface area (Å²) in [7, 11) is 0. The Bertz CT molecular complexity index is 592. The molecule has 1 heterocycles. The van der Waals surface area contributed by atoms with Gasteiger partial charge < -0.3 is 4.74 Å². The van der Waals surface area contributed by atoms with Crippen LogP contribution in [-0.4, -0.2) is 22.6 Å². The van der Waals surface area contributed by atoms with Crippen LogP contribution >= 0.6 is 0 Å². The number of ketones is 1. The Balaban J connectivity index is 2.30. The Morgan fingerprint density at radius 2 is 1.84 bits per heavy atom. The second-order valence-electron chi connectivity index (χ2n) is 4.27. The summed E-state index contributed by atoms with van der Waals surface area (Å²) in [6.45, 7) is 6.14. The minimum atomic E-state index is -0.0430. The van der Waals surface area contributed by atoms with Crippen molar-refractivity contribution in [2.45, 2.75) is 20.8 Å². The second-order valence-corrected chi connectivity index (χ2v) is 4.27. The number of nitrogens with zero attached hydrogens (tertiary/aromatic N) is 2. The fraction of sp³-hybridized carbons (Fsp3) is 0.267. The molecule has 0 saturated carbocycles. The first-order valence-corrected chi connectivity index (χ1v) is 6.20. The van der Waals surface area contributed by atoms with Gasteiger partial charge in [0.1, 0.15) is 5.75 Å². The third kappa shape index (κ3) is 2.96. The molecule has 0 saturated heterocycles. The lowest BCUT2D eigenvalue weighted by molar-refractivity contribution is 0.103. The van der Waals surface area contributed by atoms with Crippen molar-refractivity contribution in [3.8, 4) is 5.75 Å². The van der Waals surface area contributed by atoms with Gasteiger partial charge in [-0.2, -0.15) is 10.2 Å². The number of benzene rings is 1. The van der Waals surface area contributed by atoms with Crippen molar-refractivity contribution in [1.82, 2.24) is 10.2 Å². The second kappa shape index (κ2) is 5.61. The number of aromatic nitrogens is 2. The maximum absolute atomic E-state index is 12.4. The molecule has 2 aromatic rings. The molecule has 4 heteroatoms. The number of hydrogen-bond donors (Lipinski definition) is 0. The van der Waals surface area contributed by atoms with Crippen LogP contribution in [-0.2, 0) is 0 Å². The zero-order chi connectivity index (χ0) is 13.8. The van der Waals surface area contributed by atoms with Crippen LogP contribution in [0, 0.1) is 13.8 Å². The highest BCUT2D eigenvalue weighted by molar-refractivity contribution is 6.09. The Kier molecular flexibility index (Phi) is 3.90. The lowest BCUT2D eigenvalue weighted by Gasteiger charge is -2.06. The van der Waals surface area contributed by atoms with E-state index in [1.807, 2.05) is 13.8 Å². The molecule has 0 amide bonds. The summed E-state index contributed by atoms with van der Waals surface area (Å²) in [6.07, 6.45) is 0. The number of carbonyl (C=O) groups excluding carboxylic acids is 1. The molecule has 2 rings (SSSR count). The minimum Gasteiger partial charge on any atom is -0.494 e. The van der Waals surface area contributed by atoms with Gasteiger partial charge in [0.25, 0.3) is 0 Å². The molecule has 0 radical (unpaired) electrons. The molecule has 19 heavy (non-hydrogen) atoms. The fourth-order valence-electron chi connectivity index (χ4n) is 1.80. The average molecular weight is 256 g/mol. The molecule has 0 fully saturated rings. The van der Waals surface area contributed by atoms with E-state index in [0.717, 1.165) is 11.4 Å². The van der Waals surface area contributed by atoms with E-state index in [9.17, 15) is 4.79 Å². The normalized spacial score (nSPS) is 10.3. The lowest BCUT2D eigenvalue weighted by Crippen LogP contribution is -2.07. The molecule has 0 bridgehead atoms. The third-order valence-corrected chi connectivity index (χ3v) is 2.77. The van der Waals surface area contributed by atoms with Gasteiger partial charge >= 0.3 is 0 Å². The smallest absolute Gasteiger partial charge is 0.194 e. The first kappa shape index (κ1) is 13.2. The van der Waals surface area contributed by atoms with E-state index in [2.05, 4.69) is 10.2 Å². The number of ether oxygens (including phenoxy) is 1. The summed E-state index contributed by atoms with van der Waals surface area (Å²) in [5, 5.41) is 7.91. The quantitative estimate of drug-likeness (QED) is 0.789. The van der Waals surface area contributed by atoms with Gasteiger partial charge in [-0.25, -0.2) is 0 Å². The first-order valence-electron chi connectivity index (χ1n) is 6.20. The van der Waals surface area contributed by atoms with Gasteiger partial charge in [-0.3, -0.25) is 4.79 Å². The highest BCUT2D eigenvalue weighted by atomic mass is 16.5. The molecule has 0 spiro atoms. The summed E-state index contributed by atoms with van der Waals surface area (Å²) in [4.78, 5) is 12.4. The molecule has 4 nitrogen and oxygen atoms in total. The average Bonchev–Trinajstić information content (AvgIpc) is 2.42. The van der Waals surface area contributed by atoms with Gasteiger partial charge in [-0.05, 0) is 51.1 Å². The zero-order valence-corrected chi connectivity index (χ0v) is 11.3. The Labute approximate surface area is 112 Å². The van der Waals surface area contributed by atoms with E-state index in [0.29, 0.717) is 23.4 Å². The summed E-state index contributed by atoms with van der Waals surface area (Å²) >= 11 is 0. The van der Waals surface area contributed by atoms with Crippen LogP contribution in [0.5, 0.6) is 5.75 Å². The molecule has 1 aromatic carbocycles. The maximum atomic E-state index is 12.4. The molecular formula is C15H16N2O2. The zero-order valence-electron chi connectivity index (χ0n) is 11.3. The van der Waals surface area contributed by atoms with Gasteiger partial charge in [0, 0.05) is 11.1 Å². The molecule has 98 valence electrons. The molecule has 0 aliphatic carbocycles. The van der Waals surface area contributed by atoms with E-state index in [1.165, 1.54) is 0 Å². The molecule has 0 N–H and O–H groups in total. The number of carbonyl (C=O) groups is 1. The summed E-state index contributed by atoms with van der Waals surface area (Å²) in [6, 6.07) is 8.90. The number of hydrogen-bond acceptors (Lipinski definition) is 4. The Morgan fingerprint density at radius 3 is 2.47 bits per heavy atom. The standard InChI is InChI=1S/C15H16N2O2/c1-4-19-13-7-5-12(6-8-13)15(18)14-9-10(2)16-17-11(14)3/h5-9H,4H2,1-3H3. The van der Waals surface area contributed by atoms with Crippen LogP contribution in [0.25, 0.3) is 0 Å². The molecule has 0 aliphatic rings. The van der Waals surface area contributed by atoms with Crippen LogP contribution in [0.3, 0.4) is 0 Å². The predicted molar refractivity (Wildman–Crippen MR) is 72.5 cm³/mol. The molecule has 0 aliphatic heterocycles. The Morgan fingerprint density at radius 1 is 1.16 bits per heavy atom. The number of rotatable bonds is 4. The van der Waals surface area contributed by atoms with Crippen molar-refractivity contribution < 1.29 is 9.53 Å². The minimum absolute atomic E-state index is 0.0430. The van der Waals surface area contributed by atoms with Gasteiger partial charge in [-0.1, -0.05) is 0 Å². The molecule has 1 aromatic heterocycles. The van der Waals surface area contributed by atoms with Crippen LogP contribution in [0.1, 0.15) is 34.2 Å². The monoisotopic (exact) mass is 256 g/mol. The van der Waals surface area contributed by atoms with E-state index in [4.69, 9.17) is 4.74 Å². The van der Waals surface area contributed by atoms with E-state index in [1.54, 1.807) is 37.3 Å². The van der Waals surface area contributed by atoms with Crippen molar-refractivity contribution in [3.63, 3.8) is 0 Å². The highest BCUT2D eigenvalue weighted by Gasteiger charge is 2.13. The first-order chi connectivity index (χ1) is 9.11. The lowest BCUT2D eigenvalue weighted by atomic mass is 10.0. The van der Waals surface area contributed by atoms with Crippen LogP contribution < -0.4 is 4.74 Å². The topological polar surface area (TPSA) is 52.1 Å². The molecule has 0 unspecified atom stereocenters. The molecular weight excluding hydrogens is 240 g/mol. The van der Waals surface area contributed by atoms with Crippen molar-refractivity contribution >= 4 is 5.78 Å². The van der Waals surface area contributed by atoms with Crippen LogP contribution in [0.2, 0.25) is 0 Å². The van der Waals surface area contributed by atoms with Crippen molar-refractivity contribution in [2.75, 3.05) is 6.61 Å². The summed E-state index contributed by atoms with van der Waals surface area (Å²) in [5.41, 5.74) is 2.60. The van der Waals surface area contributed by atoms with E-state index < -0.39 is 0 Å². The molecule has 0 atom stereocenters. The van der Waals surface area contributed by atoms with E-state index >= 15 is 0 Å². The van der Waals surface area contributed by atoms with Gasteiger partial charge in [0.2, 0.25) is 0 Å². The predicted octanol–water partition coefficient (Wildman–Crippen LogP) is 2.72. The highest BCUT2D eigenvalue weighted by Crippen LogP contribution is 2.17. The summed E-state index contributed by atoms with van der Waals surface area (Å²) in [5.74, 6) is 0.721. The van der Waals surface area contributed by atoms with E-state index in [-0.39, 0.29) is 5.78 Å².